The lowest BCUT2D eigenvalue weighted by atomic mass is 10.5. The zero-order chi connectivity index (χ0) is 13.0. The summed E-state index contributed by atoms with van der Waals surface area (Å²) < 4.78 is 6.12. The van der Waals surface area contributed by atoms with E-state index in [4.69, 9.17) is 4.42 Å². The normalized spacial score (nSPS) is 10.6. The van der Waals surface area contributed by atoms with Gasteiger partial charge in [-0.25, -0.2) is 15.0 Å². The van der Waals surface area contributed by atoms with Gasteiger partial charge in [-0.3, -0.25) is 0 Å². The molecule has 0 unspecified atom stereocenters. The second-order valence-electron chi connectivity index (χ2n) is 3.63. The number of anilines is 1. The molecular formula is C11H13BrN4OS. The van der Waals surface area contributed by atoms with Crippen LogP contribution in [0.15, 0.2) is 31.6 Å². The van der Waals surface area contributed by atoms with Gasteiger partial charge in [0, 0.05) is 12.7 Å². The van der Waals surface area contributed by atoms with E-state index in [0.29, 0.717) is 11.2 Å². The van der Waals surface area contributed by atoms with Crippen molar-refractivity contribution in [1.82, 2.24) is 15.0 Å². The van der Waals surface area contributed by atoms with Crippen LogP contribution < -0.4 is 5.32 Å². The van der Waals surface area contributed by atoms with Crippen LogP contribution in [0.1, 0.15) is 19.0 Å². The molecule has 1 N–H and O–H groups in total. The van der Waals surface area contributed by atoms with Crippen molar-refractivity contribution in [3.8, 4) is 0 Å². The molecule has 0 spiro atoms. The van der Waals surface area contributed by atoms with Crippen molar-refractivity contribution in [2.45, 2.75) is 30.5 Å². The zero-order valence-electron chi connectivity index (χ0n) is 10.1. The Bertz CT molecular complexity index is 532. The van der Waals surface area contributed by atoms with E-state index < -0.39 is 0 Å². The van der Waals surface area contributed by atoms with E-state index in [1.807, 2.05) is 6.92 Å². The maximum atomic E-state index is 5.29. The third-order valence-electron chi connectivity index (χ3n) is 2.03. The van der Waals surface area contributed by atoms with Gasteiger partial charge in [0.25, 0.3) is 5.22 Å². The van der Waals surface area contributed by atoms with Gasteiger partial charge >= 0.3 is 0 Å². The highest BCUT2D eigenvalue weighted by Crippen LogP contribution is 2.31. The van der Waals surface area contributed by atoms with E-state index in [9.17, 15) is 0 Å². The van der Waals surface area contributed by atoms with Crippen molar-refractivity contribution >= 4 is 33.6 Å². The van der Waals surface area contributed by atoms with E-state index in [2.05, 4.69) is 43.1 Å². The van der Waals surface area contributed by atoms with E-state index in [0.717, 1.165) is 28.2 Å². The van der Waals surface area contributed by atoms with Crippen LogP contribution in [0.4, 0.5) is 5.95 Å². The molecule has 0 fully saturated rings. The number of nitrogens with one attached hydrogen (secondary N) is 1. The molecule has 0 aromatic carbocycles. The summed E-state index contributed by atoms with van der Waals surface area (Å²) >= 11 is 4.79. The van der Waals surface area contributed by atoms with Gasteiger partial charge in [0.1, 0.15) is 11.3 Å². The first-order chi connectivity index (χ1) is 8.69. The lowest BCUT2D eigenvalue weighted by Crippen LogP contribution is -2.04. The third-order valence-corrected chi connectivity index (χ3v) is 3.74. The van der Waals surface area contributed by atoms with Crippen molar-refractivity contribution in [1.29, 1.82) is 0 Å². The molecule has 2 aromatic heterocycles. The number of aromatic nitrogens is 3. The predicted octanol–water partition coefficient (Wildman–Crippen LogP) is 3.51. The van der Waals surface area contributed by atoms with Crippen LogP contribution >= 0.6 is 27.7 Å². The summed E-state index contributed by atoms with van der Waals surface area (Å²) in [5.41, 5.74) is 0.854. The van der Waals surface area contributed by atoms with Gasteiger partial charge in [0.05, 0.1) is 10.2 Å². The molecule has 2 heterocycles. The highest BCUT2D eigenvalue weighted by Gasteiger charge is 2.10. The maximum absolute atomic E-state index is 5.29. The van der Waals surface area contributed by atoms with Crippen molar-refractivity contribution in [2.75, 3.05) is 11.9 Å². The Morgan fingerprint density at radius 2 is 2.28 bits per heavy atom. The minimum Gasteiger partial charge on any atom is -0.439 e. The van der Waals surface area contributed by atoms with Crippen molar-refractivity contribution in [3.63, 3.8) is 0 Å². The van der Waals surface area contributed by atoms with Crippen LogP contribution in [-0.2, 0) is 0 Å². The standard InChI is InChI=1S/C11H13BrN4OS/c1-3-4-13-10-14-5-8(12)9(16-10)18-11-15-7(2)6-17-11/h5-6H,3-4H2,1-2H3,(H,13,14,16). The molecule has 96 valence electrons. The first-order valence-corrected chi connectivity index (χ1v) is 7.16. The Kier molecular flexibility index (Phi) is 4.60. The number of hydrogen-bond acceptors (Lipinski definition) is 6. The molecule has 0 aliphatic heterocycles. The molecule has 2 rings (SSSR count). The second-order valence-corrected chi connectivity index (χ2v) is 5.42. The van der Waals surface area contributed by atoms with Crippen molar-refractivity contribution < 1.29 is 4.42 Å². The smallest absolute Gasteiger partial charge is 0.262 e. The Morgan fingerprint density at radius 1 is 1.44 bits per heavy atom. The van der Waals surface area contributed by atoms with Gasteiger partial charge in [-0.15, -0.1) is 0 Å². The fraction of sp³-hybridized carbons (Fsp3) is 0.364. The summed E-state index contributed by atoms with van der Waals surface area (Å²) in [6.45, 7) is 4.83. The summed E-state index contributed by atoms with van der Waals surface area (Å²) in [5.74, 6) is 0.617. The van der Waals surface area contributed by atoms with Gasteiger partial charge < -0.3 is 9.73 Å². The first kappa shape index (κ1) is 13.4. The number of halogens is 1. The largest absolute Gasteiger partial charge is 0.439 e. The van der Waals surface area contributed by atoms with Gasteiger partial charge in [0.15, 0.2) is 0 Å². The zero-order valence-corrected chi connectivity index (χ0v) is 12.5. The molecule has 2 aromatic rings. The fourth-order valence-electron chi connectivity index (χ4n) is 1.21. The Labute approximate surface area is 118 Å². The highest BCUT2D eigenvalue weighted by molar-refractivity contribution is 9.10. The molecule has 18 heavy (non-hydrogen) atoms. The maximum Gasteiger partial charge on any atom is 0.262 e. The molecule has 0 aliphatic carbocycles. The number of hydrogen-bond donors (Lipinski definition) is 1. The van der Waals surface area contributed by atoms with Gasteiger partial charge in [-0.05, 0) is 41.0 Å². The molecule has 0 atom stereocenters. The summed E-state index contributed by atoms with van der Waals surface area (Å²) in [6.07, 6.45) is 4.37. The Balaban J connectivity index is 2.15. The quantitative estimate of drug-likeness (QED) is 0.847. The van der Waals surface area contributed by atoms with Crippen LogP contribution in [0, 0.1) is 6.92 Å². The average Bonchev–Trinajstić information content (AvgIpc) is 2.76. The monoisotopic (exact) mass is 328 g/mol. The molecule has 0 aliphatic rings. The minimum absolute atomic E-state index is 0.577. The Hall–Kier alpha value is -1.08. The van der Waals surface area contributed by atoms with Gasteiger partial charge in [0.2, 0.25) is 5.95 Å². The molecule has 0 saturated carbocycles. The number of aryl methyl sites for hydroxylation is 1. The molecule has 5 nitrogen and oxygen atoms in total. The summed E-state index contributed by atoms with van der Waals surface area (Å²) in [4.78, 5) is 12.8. The second kappa shape index (κ2) is 6.19. The van der Waals surface area contributed by atoms with Crippen LogP contribution in [-0.4, -0.2) is 21.5 Å². The lowest BCUT2D eigenvalue weighted by molar-refractivity contribution is 0.453. The van der Waals surface area contributed by atoms with Crippen molar-refractivity contribution in [3.05, 3.63) is 22.6 Å². The molecule has 7 heteroatoms. The topological polar surface area (TPSA) is 63.8 Å². The molecule has 0 saturated heterocycles. The number of rotatable bonds is 5. The summed E-state index contributed by atoms with van der Waals surface area (Å²) in [6, 6.07) is 0. The van der Waals surface area contributed by atoms with Gasteiger partial charge in [-0.1, -0.05) is 6.92 Å². The molecule has 0 bridgehead atoms. The molecular weight excluding hydrogens is 316 g/mol. The number of nitrogens with zero attached hydrogens (tertiary/aromatic N) is 3. The Morgan fingerprint density at radius 3 is 2.94 bits per heavy atom. The van der Waals surface area contributed by atoms with E-state index >= 15 is 0 Å². The van der Waals surface area contributed by atoms with E-state index in [1.54, 1.807) is 12.5 Å². The van der Waals surface area contributed by atoms with Gasteiger partial charge in [-0.2, -0.15) is 0 Å². The summed E-state index contributed by atoms with van der Waals surface area (Å²) in [7, 11) is 0. The predicted molar refractivity (Wildman–Crippen MR) is 73.9 cm³/mol. The van der Waals surface area contributed by atoms with Crippen LogP contribution in [0.5, 0.6) is 0 Å². The molecule has 0 amide bonds. The van der Waals surface area contributed by atoms with Crippen molar-refractivity contribution in [2.24, 2.45) is 0 Å². The van der Waals surface area contributed by atoms with Crippen LogP contribution in [0.2, 0.25) is 0 Å². The fourth-order valence-corrected chi connectivity index (χ4v) is 2.37. The lowest BCUT2D eigenvalue weighted by Gasteiger charge is -2.05. The SMILES string of the molecule is CCCNc1ncc(Br)c(Sc2nc(C)co2)n1. The first-order valence-electron chi connectivity index (χ1n) is 5.55. The third kappa shape index (κ3) is 3.46. The average molecular weight is 329 g/mol. The summed E-state index contributed by atoms with van der Waals surface area (Å²) in [5, 5.41) is 4.51. The van der Waals surface area contributed by atoms with E-state index in [-0.39, 0.29) is 0 Å². The van der Waals surface area contributed by atoms with E-state index in [1.165, 1.54) is 11.8 Å². The van der Waals surface area contributed by atoms with Crippen LogP contribution in [0.25, 0.3) is 0 Å². The highest BCUT2D eigenvalue weighted by atomic mass is 79.9. The minimum atomic E-state index is 0.577. The molecule has 0 radical (unpaired) electrons. The number of oxazole rings is 1. The van der Waals surface area contributed by atoms with Crippen LogP contribution in [0.3, 0.4) is 0 Å².